The van der Waals surface area contributed by atoms with Crippen molar-refractivity contribution in [2.24, 2.45) is 5.18 Å². The Labute approximate surface area is 105 Å². The van der Waals surface area contributed by atoms with E-state index in [9.17, 15) is 4.91 Å². The maximum Gasteiger partial charge on any atom is 0.166 e. The van der Waals surface area contributed by atoms with Crippen molar-refractivity contribution in [1.82, 2.24) is 0 Å². The van der Waals surface area contributed by atoms with Gasteiger partial charge in [0.05, 0.1) is 5.88 Å². The van der Waals surface area contributed by atoms with E-state index >= 15 is 0 Å². The summed E-state index contributed by atoms with van der Waals surface area (Å²) in [4.78, 5) is 11.3. The molecule has 0 heterocycles. The van der Waals surface area contributed by atoms with E-state index in [-0.39, 0.29) is 5.88 Å². The summed E-state index contributed by atoms with van der Waals surface area (Å²) < 4.78 is 0. The molecule has 0 bridgehead atoms. The maximum absolute atomic E-state index is 11.3. The zero-order chi connectivity index (χ0) is 12.1. The fraction of sp³-hybridized carbons (Fsp3) is 0.143. The van der Waals surface area contributed by atoms with Gasteiger partial charge in [-0.1, -0.05) is 65.8 Å². The van der Waals surface area contributed by atoms with Crippen LogP contribution in [0, 0.1) is 4.91 Å². The molecule has 2 rings (SSSR count). The highest BCUT2D eigenvalue weighted by atomic mass is 35.5. The van der Waals surface area contributed by atoms with Gasteiger partial charge in [-0.3, -0.25) is 0 Å². The fourth-order valence-corrected chi connectivity index (χ4v) is 2.24. The molecule has 0 unspecified atom stereocenters. The first kappa shape index (κ1) is 11.8. The van der Waals surface area contributed by atoms with Crippen LogP contribution in [0.3, 0.4) is 0 Å². The van der Waals surface area contributed by atoms with Gasteiger partial charge >= 0.3 is 0 Å². The lowest BCUT2D eigenvalue weighted by Gasteiger charge is -2.24. The van der Waals surface area contributed by atoms with Crippen LogP contribution in [0.1, 0.15) is 11.1 Å². The molecule has 0 radical (unpaired) electrons. The van der Waals surface area contributed by atoms with Crippen LogP contribution in [0.5, 0.6) is 0 Å². The molecule has 17 heavy (non-hydrogen) atoms. The molecular weight excluding hydrogens is 234 g/mol. The standard InChI is InChI=1S/C14H12ClNO/c15-11-14(16-17,12-7-3-1-4-8-12)13-9-5-2-6-10-13/h1-10H,11H2. The highest BCUT2D eigenvalue weighted by molar-refractivity contribution is 6.19. The average Bonchev–Trinajstić information content (AvgIpc) is 2.43. The predicted molar refractivity (Wildman–Crippen MR) is 70.2 cm³/mol. The smallest absolute Gasteiger partial charge is 0.149 e. The first-order chi connectivity index (χ1) is 8.33. The fourth-order valence-electron chi connectivity index (χ4n) is 1.88. The van der Waals surface area contributed by atoms with Crippen molar-refractivity contribution in [1.29, 1.82) is 0 Å². The van der Waals surface area contributed by atoms with Crippen LogP contribution < -0.4 is 0 Å². The zero-order valence-electron chi connectivity index (χ0n) is 9.21. The van der Waals surface area contributed by atoms with E-state index in [4.69, 9.17) is 11.6 Å². The van der Waals surface area contributed by atoms with Crippen molar-refractivity contribution in [2.45, 2.75) is 5.54 Å². The SMILES string of the molecule is O=NC(CCl)(c1ccccc1)c1ccccc1. The molecule has 3 heteroatoms. The number of hydrogen-bond acceptors (Lipinski definition) is 2. The lowest BCUT2D eigenvalue weighted by atomic mass is 9.85. The number of rotatable bonds is 4. The molecule has 0 aliphatic heterocycles. The third kappa shape index (κ3) is 2.08. The molecule has 0 atom stereocenters. The second-order valence-electron chi connectivity index (χ2n) is 3.82. The van der Waals surface area contributed by atoms with Gasteiger partial charge in [-0.2, -0.15) is 0 Å². The van der Waals surface area contributed by atoms with E-state index in [1.165, 1.54) is 0 Å². The van der Waals surface area contributed by atoms with Gasteiger partial charge in [0.25, 0.3) is 0 Å². The van der Waals surface area contributed by atoms with Gasteiger partial charge in [-0.15, -0.1) is 16.5 Å². The molecule has 0 spiro atoms. The third-order valence-electron chi connectivity index (χ3n) is 2.85. The highest BCUT2D eigenvalue weighted by Crippen LogP contribution is 2.34. The predicted octanol–water partition coefficient (Wildman–Crippen LogP) is 3.94. The van der Waals surface area contributed by atoms with Crippen LogP contribution >= 0.6 is 11.6 Å². The Morgan fingerprint density at radius 3 is 1.59 bits per heavy atom. The average molecular weight is 246 g/mol. The molecule has 0 aliphatic rings. The molecule has 0 fully saturated rings. The van der Waals surface area contributed by atoms with Crippen LogP contribution in [-0.2, 0) is 5.54 Å². The van der Waals surface area contributed by atoms with Crippen LogP contribution in [0.2, 0.25) is 0 Å². The van der Waals surface area contributed by atoms with Crippen LogP contribution in [-0.4, -0.2) is 5.88 Å². The Bertz CT molecular complexity index is 445. The lowest BCUT2D eigenvalue weighted by Crippen LogP contribution is -2.26. The normalized spacial score (nSPS) is 11.1. The summed E-state index contributed by atoms with van der Waals surface area (Å²) in [5.74, 6) is 0.129. The first-order valence-electron chi connectivity index (χ1n) is 5.35. The maximum atomic E-state index is 11.3. The minimum atomic E-state index is -0.996. The third-order valence-corrected chi connectivity index (χ3v) is 3.24. The minimum absolute atomic E-state index is 0.129. The molecule has 0 saturated heterocycles. The largest absolute Gasteiger partial charge is 0.166 e. The molecule has 0 saturated carbocycles. The van der Waals surface area contributed by atoms with Gasteiger partial charge in [0.1, 0.15) is 0 Å². The van der Waals surface area contributed by atoms with Gasteiger partial charge in [-0.25, -0.2) is 0 Å². The summed E-state index contributed by atoms with van der Waals surface area (Å²) in [7, 11) is 0. The van der Waals surface area contributed by atoms with Gasteiger partial charge in [0.2, 0.25) is 0 Å². The van der Waals surface area contributed by atoms with Crippen LogP contribution in [0.15, 0.2) is 65.8 Å². The highest BCUT2D eigenvalue weighted by Gasteiger charge is 2.34. The molecule has 0 N–H and O–H groups in total. The summed E-state index contributed by atoms with van der Waals surface area (Å²) in [5.41, 5.74) is 0.636. The van der Waals surface area contributed by atoms with Crippen molar-refractivity contribution in [3.05, 3.63) is 76.7 Å². The molecule has 2 aromatic carbocycles. The van der Waals surface area contributed by atoms with E-state index in [0.717, 1.165) is 11.1 Å². The number of hydrogen-bond donors (Lipinski definition) is 0. The molecule has 0 aromatic heterocycles. The van der Waals surface area contributed by atoms with E-state index in [2.05, 4.69) is 5.18 Å². The number of nitroso groups, excluding NO2 is 1. The van der Waals surface area contributed by atoms with Crippen molar-refractivity contribution < 1.29 is 0 Å². The first-order valence-corrected chi connectivity index (χ1v) is 5.88. The summed E-state index contributed by atoms with van der Waals surface area (Å²) in [5, 5.41) is 3.30. The van der Waals surface area contributed by atoms with E-state index in [0.29, 0.717) is 0 Å². The monoisotopic (exact) mass is 245 g/mol. The second-order valence-corrected chi connectivity index (χ2v) is 4.08. The quantitative estimate of drug-likeness (QED) is 0.593. The van der Waals surface area contributed by atoms with Gasteiger partial charge in [0.15, 0.2) is 5.54 Å². The molecular formula is C14H12ClNO. The summed E-state index contributed by atoms with van der Waals surface area (Å²) >= 11 is 6.00. The molecule has 0 amide bonds. The number of benzene rings is 2. The second kappa shape index (κ2) is 5.11. The van der Waals surface area contributed by atoms with Gasteiger partial charge < -0.3 is 0 Å². The van der Waals surface area contributed by atoms with Gasteiger partial charge in [-0.05, 0) is 11.1 Å². The summed E-state index contributed by atoms with van der Waals surface area (Å²) in [6.45, 7) is 0. The zero-order valence-corrected chi connectivity index (χ0v) is 9.97. The molecule has 0 aliphatic carbocycles. The number of halogens is 1. The Morgan fingerprint density at radius 2 is 1.29 bits per heavy atom. The minimum Gasteiger partial charge on any atom is -0.149 e. The van der Waals surface area contributed by atoms with Crippen molar-refractivity contribution in [3.8, 4) is 0 Å². The number of nitrogens with zero attached hydrogens (tertiary/aromatic N) is 1. The van der Waals surface area contributed by atoms with Crippen molar-refractivity contribution in [2.75, 3.05) is 5.88 Å². The molecule has 2 nitrogen and oxygen atoms in total. The van der Waals surface area contributed by atoms with Crippen LogP contribution in [0.4, 0.5) is 0 Å². The summed E-state index contributed by atoms with van der Waals surface area (Å²) in [6.07, 6.45) is 0. The topological polar surface area (TPSA) is 29.4 Å². The Kier molecular flexibility index (Phi) is 3.55. The van der Waals surface area contributed by atoms with E-state index in [1.54, 1.807) is 0 Å². The molecule has 2 aromatic rings. The molecule has 86 valence electrons. The summed E-state index contributed by atoms with van der Waals surface area (Å²) in [6, 6.07) is 18.8. The lowest BCUT2D eigenvalue weighted by molar-refractivity contribution is 0.608. The van der Waals surface area contributed by atoms with Gasteiger partial charge in [0, 0.05) is 0 Å². The van der Waals surface area contributed by atoms with E-state index in [1.807, 2.05) is 60.7 Å². The Morgan fingerprint density at radius 1 is 0.882 bits per heavy atom. The Balaban J connectivity index is 2.58. The van der Waals surface area contributed by atoms with Crippen molar-refractivity contribution in [3.63, 3.8) is 0 Å². The Hall–Kier alpha value is -1.67. The van der Waals surface area contributed by atoms with Crippen molar-refractivity contribution >= 4 is 11.6 Å². The van der Waals surface area contributed by atoms with E-state index < -0.39 is 5.54 Å². The number of alkyl halides is 1. The van der Waals surface area contributed by atoms with Crippen LogP contribution in [0.25, 0.3) is 0 Å².